The van der Waals surface area contributed by atoms with Gasteiger partial charge < -0.3 is 15.2 Å². The molecule has 0 unspecified atom stereocenters. The standard InChI is InChI=1S/C20H31N5O/c1-6-21-20(22-9-7-17-12-15(4)11-16(5)13-17)23-10-8-18-24-19(14(2)3)25-26-18/h11-14H,6-10H2,1-5H3,(H2,21,22,23). The van der Waals surface area contributed by atoms with Crippen molar-refractivity contribution in [2.24, 2.45) is 4.99 Å². The lowest BCUT2D eigenvalue weighted by Gasteiger charge is -2.11. The Labute approximate surface area is 156 Å². The highest BCUT2D eigenvalue weighted by Gasteiger charge is 2.09. The maximum absolute atomic E-state index is 5.26. The molecule has 0 aliphatic heterocycles. The lowest BCUT2D eigenvalue weighted by molar-refractivity contribution is 0.372. The molecule has 2 N–H and O–H groups in total. The molecule has 0 fully saturated rings. The molecule has 6 heteroatoms. The van der Waals surface area contributed by atoms with Crippen LogP contribution in [-0.4, -0.2) is 35.7 Å². The summed E-state index contributed by atoms with van der Waals surface area (Å²) >= 11 is 0. The van der Waals surface area contributed by atoms with Gasteiger partial charge in [-0.1, -0.05) is 48.3 Å². The van der Waals surface area contributed by atoms with E-state index in [1.807, 2.05) is 0 Å². The highest BCUT2D eigenvalue weighted by molar-refractivity contribution is 5.79. The molecule has 0 spiro atoms. The first kappa shape index (κ1) is 19.9. The first-order chi connectivity index (χ1) is 12.5. The lowest BCUT2D eigenvalue weighted by atomic mass is 10.1. The van der Waals surface area contributed by atoms with E-state index in [1.165, 1.54) is 16.7 Å². The Bertz CT molecular complexity index is 700. The van der Waals surface area contributed by atoms with E-state index in [0.717, 1.165) is 31.3 Å². The molecule has 2 aromatic rings. The molecule has 1 aromatic heterocycles. The molecule has 142 valence electrons. The third-order valence-electron chi connectivity index (χ3n) is 3.93. The molecule has 0 saturated heterocycles. The molecule has 0 bridgehead atoms. The summed E-state index contributed by atoms with van der Waals surface area (Å²) in [4.78, 5) is 8.98. The van der Waals surface area contributed by atoms with Gasteiger partial charge >= 0.3 is 0 Å². The first-order valence-electron chi connectivity index (χ1n) is 9.39. The average Bonchev–Trinajstić information content (AvgIpc) is 3.03. The van der Waals surface area contributed by atoms with Crippen LogP contribution < -0.4 is 10.6 Å². The molecule has 0 atom stereocenters. The summed E-state index contributed by atoms with van der Waals surface area (Å²) in [5, 5.41) is 10.6. The van der Waals surface area contributed by atoms with E-state index >= 15 is 0 Å². The second-order valence-corrected chi connectivity index (χ2v) is 6.88. The fraction of sp³-hybridized carbons (Fsp3) is 0.550. The molecule has 1 aromatic carbocycles. The van der Waals surface area contributed by atoms with E-state index in [2.05, 4.69) is 78.6 Å². The summed E-state index contributed by atoms with van der Waals surface area (Å²) in [6.07, 6.45) is 1.61. The Morgan fingerprint density at radius 2 is 1.85 bits per heavy atom. The smallest absolute Gasteiger partial charge is 0.228 e. The minimum atomic E-state index is 0.278. The van der Waals surface area contributed by atoms with Crippen molar-refractivity contribution in [3.05, 3.63) is 46.6 Å². The second kappa shape index (κ2) is 9.94. The van der Waals surface area contributed by atoms with Gasteiger partial charge in [-0.05, 0) is 32.8 Å². The van der Waals surface area contributed by atoms with Gasteiger partial charge in [-0.15, -0.1) is 0 Å². The number of nitrogens with zero attached hydrogens (tertiary/aromatic N) is 3. The van der Waals surface area contributed by atoms with Crippen LogP contribution in [0.2, 0.25) is 0 Å². The van der Waals surface area contributed by atoms with E-state index in [4.69, 9.17) is 4.52 Å². The van der Waals surface area contributed by atoms with Gasteiger partial charge in [0.25, 0.3) is 0 Å². The van der Waals surface area contributed by atoms with Gasteiger partial charge in [-0.2, -0.15) is 4.98 Å². The van der Waals surface area contributed by atoms with Gasteiger partial charge in [0.05, 0.1) is 6.54 Å². The van der Waals surface area contributed by atoms with Crippen molar-refractivity contribution in [1.29, 1.82) is 0 Å². The van der Waals surface area contributed by atoms with Crippen molar-refractivity contribution in [2.45, 2.75) is 53.4 Å². The number of nitrogens with one attached hydrogen (secondary N) is 2. The molecule has 6 nitrogen and oxygen atoms in total. The third-order valence-corrected chi connectivity index (χ3v) is 3.93. The number of aryl methyl sites for hydroxylation is 2. The number of benzene rings is 1. The molecular formula is C20H31N5O. The van der Waals surface area contributed by atoms with Crippen LogP contribution in [0.4, 0.5) is 0 Å². The van der Waals surface area contributed by atoms with Crippen molar-refractivity contribution >= 4 is 5.96 Å². The zero-order chi connectivity index (χ0) is 18.9. The van der Waals surface area contributed by atoms with Crippen LogP contribution in [0.1, 0.15) is 55.1 Å². The SMILES string of the molecule is CCNC(=NCCc1nc(C(C)C)no1)NCCc1cc(C)cc(C)c1. The minimum absolute atomic E-state index is 0.278. The highest BCUT2D eigenvalue weighted by atomic mass is 16.5. The summed E-state index contributed by atoms with van der Waals surface area (Å²) in [6.45, 7) is 12.7. The fourth-order valence-corrected chi connectivity index (χ4v) is 2.75. The Morgan fingerprint density at radius 1 is 1.12 bits per heavy atom. The van der Waals surface area contributed by atoms with Crippen LogP contribution in [0.15, 0.2) is 27.7 Å². The van der Waals surface area contributed by atoms with Crippen molar-refractivity contribution in [3.63, 3.8) is 0 Å². The van der Waals surface area contributed by atoms with E-state index in [9.17, 15) is 0 Å². The van der Waals surface area contributed by atoms with Gasteiger partial charge in [-0.25, -0.2) is 0 Å². The molecule has 0 radical (unpaired) electrons. The summed E-state index contributed by atoms with van der Waals surface area (Å²) in [5.74, 6) is 2.49. The fourth-order valence-electron chi connectivity index (χ4n) is 2.75. The number of hydrogen-bond acceptors (Lipinski definition) is 4. The normalized spacial score (nSPS) is 11.8. The largest absolute Gasteiger partial charge is 0.357 e. The van der Waals surface area contributed by atoms with Gasteiger partial charge in [0.2, 0.25) is 5.89 Å². The Morgan fingerprint density at radius 3 is 2.46 bits per heavy atom. The van der Waals surface area contributed by atoms with Crippen molar-refractivity contribution in [2.75, 3.05) is 19.6 Å². The van der Waals surface area contributed by atoms with E-state index in [0.29, 0.717) is 18.9 Å². The van der Waals surface area contributed by atoms with E-state index in [1.54, 1.807) is 0 Å². The van der Waals surface area contributed by atoms with Crippen LogP contribution in [0, 0.1) is 13.8 Å². The number of rotatable bonds is 8. The molecular weight excluding hydrogens is 326 g/mol. The predicted octanol–water partition coefficient (Wildman–Crippen LogP) is 3.15. The summed E-state index contributed by atoms with van der Waals surface area (Å²) in [6, 6.07) is 6.67. The Kier molecular flexibility index (Phi) is 7.63. The van der Waals surface area contributed by atoms with Gasteiger partial charge in [-0.3, -0.25) is 4.99 Å². The molecule has 1 heterocycles. The second-order valence-electron chi connectivity index (χ2n) is 6.88. The van der Waals surface area contributed by atoms with Gasteiger partial charge in [0, 0.05) is 25.4 Å². The molecule has 0 amide bonds. The Hall–Kier alpha value is -2.37. The van der Waals surface area contributed by atoms with E-state index in [-0.39, 0.29) is 5.92 Å². The molecule has 2 rings (SSSR count). The zero-order valence-electron chi connectivity index (χ0n) is 16.6. The molecule has 0 saturated carbocycles. The molecule has 26 heavy (non-hydrogen) atoms. The summed E-state index contributed by atoms with van der Waals surface area (Å²) in [5.41, 5.74) is 3.96. The summed E-state index contributed by atoms with van der Waals surface area (Å²) < 4.78 is 5.26. The summed E-state index contributed by atoms with van der Waals surface area (Å²) in [7, 11) is 0. The number of aliphatic imine (C=N–C) groups is 1. The van der Waals surface area contributed by atoms with Crippen LogP contribution in [-0.2, 0) is 12.8 Å². The van der Waals surface area contributed by atoms with Crippen LogP contribution in [0.25, 0.3) is 0 Å². The van der Waals surface area contributed by atoms with Crippen molar-refractivity contribution in [3.8, 4) is 0 Å². The zero-order valence-corrected chi connectivity index (χ0v) is 16.6. The quantitative estimate of drug-likeness (QED) is 0.561. The van der Waals surface area contributed by atoms with Gasteiger partial charge in [0.1, 0.15) is 0 Å². The minimum Gasteiger partial charge on any atom is -0.357 e. The lowest BCUT2D eigenvalue weighted by Crippen LogP contribution is -2.38. The highest BCUT2D eigenvalue weighted by Crippen LogP contribution is 2.10. The third kappa shape index (κ3) is 6.50. The van der Waals surface area contributed by atoms with Crippen LogP contribution in [0.5, 0.6) is 0 Å². The molecule has 0 aliphatic carbocycles. The van der Waals surface area contributed by atoms with Crippen LogP contribution >= 0.6 is 0 Å². The molecule has 0 aliphatic rings. The average molecular weight is 358 g/mol. The first-order valence-corrected chi connectivity index (χ1v) is 9.39. The van der Waals surface area contributed by atoms with Gasteiger partial charge in [0.15, 0.2) is 11.8 Å². The predicted molar refractivity (Wildman–Crippen MR) is 106 cm³/mol. The van der Waals surface area contributed by atoms with Crippen molar-refractivity contribution < 1.29 is 4.52 Å². The van der Waals surface area contributed by atoms with Crippen molar-refractivity contribution in [1.82, 2.24) is 20.8 Å². The number of hydrogen-bond donors (Lipinski definition) is 2. The number of guanidine groups is 1. The van der Waals surface area contributed by atoms with Crippen LogP contribution in [0.3, 0.4) is 0 Å². The van der Waals surface area contributed by atoms with E-state index < -0.39 is 0 Å². The number of aromatic nitrogens is 2. The maximum atomic E-state index is 5.26. The monoisotopic (exact) mass is 357 g/mol. The Balaban J connectivity index is 1.83. The topological polar surface area (TPSA) is 75.3 Å². The maximum Gasteiger partial charge on any atom is 0.228 e.